The van der Waals surface area contributed by atoms with Crippen LogP contribution in [0, 0.1) is 5.92 Å². The third kappa shape index (κ3) is 5.61. The quantitative estimate of drug-likeness (QED) is 0.522. The molecule has 5 N–H and O–H groups in total. The van der Waals surface area contributed by atoms with Gasteiger partial charge in [-0.05, 0) is 36.0 Å². The third-order valence-electron chi connectivity index (χ3n) is 5.17. The molecular weight excluding hydrogens is 358 g/mol. The van der Waals surface area contributed by atoms with E-state index in [0.29, 0.717) is 5.75 Å². The Balaban J connectivity index is 1.45. The molecule has 0 unspecified atom stereocenters. The van der Waals surface area contributed by atoms with Gasteiger partial charge < -0.3 is 10.8 Å². The van der Waals surface area contributed by atoms with Gasteiger partial charge in [0, 0.05) is 17.2 Å². The minimum Gasteiger partial charge on any atom is -0.382 e. The summed E-state index contributed by atoms with van der Waals surface area (Å²) in [6.45, 7) is 0. The molecule has 146 valence electrons. The van der Waals surface area contributed by atoms with Crippen LogP contribution in [0.3, 0.4) is 0 Å². The molecule has 0 saturated heterocycles. The van der Waals surface area contributed by atoms with Gasteiger partial charge in [-0.1, -0.05) is 55.7 Å². The van der Waals surface area contributed by atoms with E-state index < -0.39 is 18.1 Å². The Labute approximate surface area is 165 Å². The number of aliphatic hydroxyl groups excluding tert-OH is 1. The summed E-state index contributed by atoms with van der Waals surface area (Å²) in [5, 5.41) is 12.3. The van der Waals surface area contributed by atoms with E-state index in [1.165, 1.54) is 32.1 Å². The highest BCUT2D eigenvalue weighted by Crippen LogP contribution is 2.27. The van der Waals surface area contributed by atoms with Gasteiger partial charge in [0.25, 0.3) is 5.91 Å². The molecule has 3 rings (SSSR count). The molecule has 0 spiro atoms. The lowest BCUT2D eigenvalue weighted by atomic mass is 9.91. The molecular formula is C21H29N3O2S. The predicted molar refractivity (Wildman–Crippen MR) is 114 cm³/mol. The van der Waals surface area contributed by atoms with Crippen LogP contribution in [-0.2, 0) is 4.79 Å². The van der Waals surface area contributed by atoms with Crippen molar-refractivity contribution in [3.8, 4) is 0 Å². The Kier molecular flexibility index (Phi) is 7.38. The molecule has 27 heavy (non-hydrogen) atoms. The van der Waals surface area contributed by atoms with Crippen LogP contribution < -0.4 is 16.6 Å². The number of rotatable bonds is 8. The van der Waals surface area contributed by atoms with Crippen molar-refractivity contribution >= 4 is 34.1 Å². The number of anilines is 1. The highest BCUT2D eigenvalue weighted by atomic mass is 32.2. The molecule has 1 fully saturated rings. The lowest BCUT2D eigenvalue weighted by Gasteiger charge is -2.23. The summed E-state index contributed by atoms with van der Waals surface area (Å²) in [5.41, 5.74) is 12.3. The molecule has 0 bridgehead atoms. The number of nitrogens with two attached hydrogens (primary N) is 1. The SMILES string of the molecule is N[C@H](CSCC1CCCCC1)[C@H](O)C(=O)NNc1cccc2ccccc12. The zero-order valence-electron chi connectivity index (χ0n) is 15.6. The summed E-state index contributed by atoms with van der Waals surface area (Å²) >= 11 is 1.74. The number of hydrogen-bond acceptors (Lipinski definition) is 5. The number of fused-ring (bicyclic) bond motifs is 1. The van der Waals surface area contributed by atoms with Crippen molar-refractivity contribution < 1.29 is 9.90 Å². The van der Waals surface area contributed by atoms with Crippen molar-refractivity contribution in [1.29, 1.82) is 0 Å². The summed E-state index contributed by atoms with van der Waals surface area (Å²) in [4.78, 5) is 12.2. The number of amides is 1. The standard InChI is InChI=1S/C21H29N3O2S/c22-18(14-27-13-15-7-2-1-3-8-15)20(25)21(26)24-23-19-12-6-10-16-9-4-5-11-17(16)19/h4-6,9-12,15,18,20,23,25H,1-3,7-8,13-14,22H2,(H,24,26)/t18-,20+/m1/s1. The van der Waals surface area contributed by atoms with Gasteiger partial charge in [0.2, 0.25) is 0 Å². The molecule has 1 amide bonds. The number of nitrogens with one attached hydrogen (secondary N) is 2. The minimum atomic E-state index is -1.23. The first-order valence-electron chi connectivity index (χ1n) is 9.70. The third-order valence-corrected chi connectivity index (χ3v) is 6.50. The normalized spacial score (nSPS) is 17.4. The van der Waals surface area contributed by atoms with Gasteiger partial charge in [-0.2, -0.15) is 11.8 Å². The zero-order chi connectivity index (χ0) is 19.1. The van der Waals surface area contributed by atoms with Crippen molar-refractivity contribution in [3.05, 3.63) is 42.5 Å². The summed E-state index contributed by atoms with van der Waals surface area (Å²) in [5.74, 6) is 1.90. The number of hydrogen-bond donors (Lipinski definition) is 4. The first-order valence-corrected chi connectivity index (χ1v) is 10.9. The fraction of sp³-hybridized carbons (Fsp3) is 0.476. The second kappa shape index (κ2) is 9.97. The average molecular weight is 388 g/mol. The summed E-state index contributed by atoms with van der Waals surface area (Å²) in [6, 6.07) is 13.1. The average Bonchev–Trinajstić information content (AvgIpc) is 2.72. The Hall–Kier alpha value is -1.76. The lowest BCUT2D eigenvalue weighted by molar-refractivity contribution is -0.129. The largest absolute Gasteiger partial charge is 0.382 e. The summed E-state index contributed by atoms with van der Waals surface area (Å²) in [6.07, 6.45) is 5.35. The van der Waals surface area contributed by atoms with Crippen LogP contribution in [-0.4, -0.2) is 34.7 Å². The first kappa shape index (κ1) is 20.0. The van der Waals surface area contributed by atoms with Gasteiger partial charge in [0.15, 0.2) is 0 Å². The zero-order valence-corrected chi connectivity index (χ0v) is 16.4. The second-order valence-electron chi connectivity index (χ2n) is 7.29. The van der Waals surface area contributed by atoms with Gasteiger partial charge in [-0.15, -0.1) is 0 Å². The molecule has 2 aromatic rings. The number of carbonyl (C=O) groups is 1. The van der Waals surface area contributed by atoms with Crippen LogP contribution in [0.25, 0.3) is 10.8 Å². The van der Waals surface area contributed by atoms with Crippen molar-refractivity contribution in [2.45, 2.75) is 44.2 Å². The molecule has 2 aromatic carbocycles. The first-order chi connectivity index (χ1) is 13.1. The Morgan fingerprint density at radius 3 is 2.70 bits per heavy atom. The number of thioether (sulfide) groups is 1. The lowest BCUT2D eigenvalue weighted by Crippen LogP contribution is -2.49. The molecule has 5 nitrogen and oxygen atoms in total. The van der Waals surface area contributed by atoms with E-state index in [2.05, 4.69) is 10.9 Å². The Bertz CT molecular complexity index is 744. The van der Waals surface area contributed by atoms with Gasteiger partial charge >= 0.3 is 0 Å². The molecule has 0 aromatic heterocycles. The van der Waals surface area contributed by atoms with Gasteiger partial charge in [0.05, 0.1) is 5.69 Å². The molecule has 0 aliphatic heterocycles. The van der Waals surface area contributed by atoms with Crippen LogP contribution in [0.4, 0.5) is 5.69 Å². The van der Waals surface area contributed by atoms with Crippen LogP contribution >= 0.6 is 11.8 Å². The van der Waals surface area contributed by atoms with Crippen LogP contribution in [0.15, 0.2) is 42.5 Å². The van der Waals surface area contributed by atoms with Gasteiger partial charge in [-0.25, -0.2) is 0 Å². The Morgan fingerprint density at radius 2 is 1.89 bits per heavy atom. The number of carbonyl (C=O) groups excluding carboxylic acids is 1. The van der Waals surface area contributed by atoms with E-state index in [1.54, 1.807) is 11.8 Å². The molecule has 6 heteroatoms. The van der Waals surface area contributed by atoms with Crippen molar-refractivity contribution in [3.63, 3.8) is 0 Å². The van der Waals surface area contributed by atoms with E-state index in [4.69, 9.17) is 5.73 Å². The van der Waals surface area contributed by atoms with E-state index in [-0.39, 0.29) is 0 Å². The van der Waals surface area contributed by atoms with E-state index in [1.807, 2.05) is 42.5 Å². The smallest absolute Gasteiger partial charge is 0.268 e. The molecule has 2 atom stereocenters. The molecule has 1 aliphatic rings. The highest BCUT2D eigenvalue weighted by molar-refractivity contribution is 7.99. The topological polar surface area (TPSA) is 87.4 Å². The van der Waals surface area contributed by atoms with Crippen molar-refractivity contribution in [2.24, 2.45) is 11.7 Å². The van der Waals surface area contributed by atoms with Crippen LogP contribution in [0.1, 0.15) is 32.1 Å². The van der Waals surface area contributed by atoms with Crippen molar-refractivity contribution in [1.82, 2.24) is 5.43 Å². The molecule has 0 heterocycles. The number of aliphatic hydroxyl groups is 1. The maximum absolute atomic E-state index is 12.2. The summed E-state index contributed by atoms with van der Waals surface area (Å²) < 4.78 is 0. The van der Waals surface area contributed by atoms with Crippen molar-refractivity contribution in [2.75, 3.05) is 16.9 Å². The fourth-order valence-corrected chi connectivity index (χ4v) is 4.80. The van der Waals surface area contributed by atoms with E-state index >= 15 is 0 Å². The van der Waals surface area contributed by atoms with E-state index in [9.17, 15) is 9.90 Å². The van der Waals surface area contributed by atoms with Gasteiger partial charge in [0.1, 0.15) is 6.10 Å². The molecule has 1 saturated carbocycles. The van der Waals surface area contributed by atoms with Crippen LogP contribution in [0.2, 0.25) is 0 Å². The fourth-order valence-electron chi connectivity index (χ4n) is 3.55. The number of hydrazine groups is 1. The monoisotopic (exact) mass is 387 g/mol. The molecule has 1 aliphatic carbocycles. The maximum Gasteiger partial charge on any atom is 0.268 e. The van der Waals surface area contributed by atoms with Gasteiger partial charge in [-0.3, -0.25) is 15.6 Å². The predicted octanol–water partition coefficient (Wildman–Crippen LogP) is 3.28. The van der Waals surface area contributed by atoms with E-state index in [0.717, 1.165) is 28.1 Å². The molecule has 0 radical (unpaired) electrons. The Morgan fingerprint density at radius 1 is 1.15 bits per heavy atom. The van der Waals surface area contributed by atoms with Crippen LogP contribution in [0.5, 0.6) is 0 Å². The maximum atomic E-state index is 12.2. The summed E-state index contributed by atoms with van der Waals surface area (Å²) in [7, 11) is 0. The number of benzene rings is 2. The minimum absolute atomic E-state index is 0.506. The second-order valence-corrected chi connectivity index (χ2v) is 8.37. The highest BCUT2D eigenvalue weighted by Gasteiger charge is 2.23.